The molecule has 2 aromatic carbocycles. The number of amides is 1. The molecular weight excluding hydrogens is 470 g/mol. The van der Waals surface area contributed by atoms with Gasteiger partial charge in [0.25, 0.3) is 0 Å². The van der Waals surface area contributed by atoms with Crippen LogP contribution in [-0.4, -0.2) is 36.3 Å². The smallest absolute Gasteiger partial charge is 0.241 e. The van der Waals surface area contributed by atoms with Crippen LogP contribution >= 0.6 is 15.9 Å². The molecule has 2 aromatic rings. The third kappa shape index (κ3) is 5.61. The van der Waals surface area contributed by atoms with E-state index in [-0.39, 0.29) is 22.8 Å². The van der Waals surface area contributed by atoms with Gasteiger partial charge in [-0.1, -0.05) is 18.2 Å². The lowest BCUT2D eigenvalue weighted by Crippen LogP contribution is -2.28. The fraction of sp³-hybridized carbons (Fsp3) is 0.235. The Morgan fingerprint density at radius 1 is 1.00 bits per heavy atom. The van der Waals surface area contributed by atoms with Crippen LogP contribution < -0.4 is 14.8 Å². The van der Waals surface area contributed by atoms with Crippen molar-refractivity contribution in [1.29, 1.82) is 0 Å². The number of aryl methyl sites for hydroxylation is 1. The highest BCUT2D eigenvalue weighted by Gasteiger charge is 2.18. The summed E-state index contributed by atoms with van der Waals surface area (Å²) in [6.45, 7) is 1.54. The van der Waals surface area contributed by atoms with Gasteiger partial charge in [-0.3, -0.25) is 4.79 Å². The van der Waals surface area contributed by atoms with E-state index in [1.54, 1.807) is 37.3 Å². The molecular formula is C17H20BrN3O5S2. The van der Waals surface area contributed by atoms with E-state index < -0.39 is 26.0 Å². The van der Waals surface area contributed by atoms with Crippen LogP contribution in [0.2, 0.25) is 0 Å². The van der Waals surface area contributed by atoms with Crippen molar-refractivity contribution in [2.75, 3.05) is 18.9 Å². The molecule has 0 aliphatic rings. The Morgan fingerprint density at radius 2 is 1.68 bits per heavy atom. The summed E-state index contributed by atoms with van der Waals surface area (Å²) in [5.74, 6) is -0.452. The van der Waals surface area contributed by atoms with Crippen LogP contribution in [0.5, 0.6) is 0 Å². The van der Waals surface area contributed by atoms with Gasteiger partial charge in [0.1, 0.15) is 0 Å². The molecule has 2 rings (SSSR count). The van der Waals surface area contributed by atoms with E-state index in [2.05, 4.69) is 30.7 Å². The van der Waals surface area contributed by atoms with Gasteiger partial charge in [-0.15, -0.1) is 0 Å². The fourth-order valence-electron chi connectivity index (χ4n) is 2.34. The van der Waals surface area contributed by atoms with E-state index in [1.165, 1.54) is 19.2 Å². The van der Waals surface area contributed by atoms with Gasteiger partial charge in [-0.05, 0) is 59.7 Å². The van der Waals surface area contributed by atoms with Gasteiger partial charge in [0.15, 0.2) is 0 Å². The highest BCUT2D eigenvalue weighted by atomic mass is 79.9. The van der Waals surface area contributed by atoms with Gasteiger partial charge in [-0.25, -0.2) is 26.3 Å². The average molecular weight is 490 g/mol. The summed E-state index contributed by atoms with van der Waals surface area (Å²) < 4.78 is 53.6. The first-order valence-corrected chi connectivity index (χ1v) is 11.9. The van der Waals surface area contributed by atoms with Gasteiger partial charge in [-0.2, -0.15) is 0 Å². The molecule has 0 spiro atoms. The second-order valence-electron chi connectivity index (χ2n) is 5.81. The average Bonchev–Trinajstić information content (AvgIpc) is 2.63. The Morgan fingerprint density at radius 3 is 2.32 bits per heavy atom. The van der Waals surface area contributed by atoms with Gasteiger partial charge in [0, 0.05) is 23.1 Å². The van der Waals surface area contributed by atoms with E-state index in [9.17, 15) is 21.6 Å². The third-order valence-corrected chi connectivity index (χ3v) is 7.83. The maximum absolute atomic E-state index is 12.3. The molecule has 0 aliphatic carbocycles. The Balaban J connectivity index is 2.00. The number of anilines is 1. The quantitative estimate of drug-likeness (QED) is 0.523. The molecule has 0 saturated heterocycles. The predicted molar refractivity (Wildman–Crippen MR) is 110 cm³/mol. The standard InChI is InChI=1S/C17H20BrN3O5S2/c1-12-7-8-13(11-16(12)27(23,24)19-2)21-17(22)9-10-20-28(25,26)15-6-4-3-5-14(15)18/h3-8,11,19-20H,9-10H2,1-2H3,(H,21,22). The van der Waals surface area contributed by atoms with E-state index in [0.717, 1.165) is 0 Å². The molecule has 0 heterocycles. The van der Waals surface area contributed by atoms with Crippen LogP contribution in [0.1, 0.15) is 12.0 Å². The molecule has 152 valence electrons. The maximum atomic E-state index is 12.3. The minimum Gasteiger partial charge on any atom is -0.326 e. The molecule has 0 aliphatic heterocycles. The van der Waals surface area contributed by atoms with Gasteiger partial charge in [0.2, 0.25) is 26.0 Å². The van der Waals surface area contributed by atoms with Crippen LogP contribution in [0.3, 0.4) is 0 Å². The van der Waals surface area contributed by atoms with Crippen molar-refractivity contribution in [3.63, 3.8) is 0 Å². The van der Waals surface area contributed by atoms with Crippen molar-refractivity contribution in [3.05, 3.63) is 52.5 Å². The summed E-state index contributed by atoms with van der Waals surface area (Å²) in [6.07, 6.45) is -0.119. The van der Waals surface area contributed by atoms with Crippen LogP contribution in [0.25, 0.3) is 0 Å². The lowest BCUT2D eigenvalue weighted by atomic mass is 10.2. The monoisotopic (exact) mass is 489 g/mol. The molecule has 28 heavy (non-hydrogen) atoms. The number of rotatable bonds is 8. The number of halogens is 1. The fourth-order valence-corrected chi connectivity index (χ4v) is 5.37. The summed E-state index contributed by atoms with van der Waals surface area (Å²) >= 11 is 3.18. The molecule has 0 saturated carbocycles. The number of hydrogen-bond donors (Lipinski definition) is 3. The number of sulfonamides is 2. The summed E-state index contributed by atoms with van der Waals surface area (Å²) in [6, 6.07) is 10.9. The molecule has 11 heteroatoms. The summed E-state index contributed by atoms with van der Waals surface area (Å²) in [5.41, 5.74) is 0.839. The first kappa shape index (κ1) is 22.5. The van der Waals surface area contributed by atoms with Crippen molar-refractivity contribution in [1.82, 2.24) is 9.44 Å². The molecule has 0 radical (unpaired) electrons. The second kappa shape index (κ2) is 9.14. The number of hydrogen-bond acceptors (Lipinski definition) is 5. The topological polar surface area (TPSA) is 121 Å². The highest BCUT2D eigenvalue weighted by Crippen LogP contribution is 2.21. The molecule has 0 atom stereocenters. The molecule has 0 fully saturated rings. The van der Waals surface area contributed by atoms with Gasteiger partial charge < -0.3 is 5.32 Å². The second-order valence-corrected chi connectivity index (χ2v) is 10.3. The predicted octanol–water partition coefficient (Wildman–Crippen LogP) is 1.97. The third-order valence-electron chi connectivity index (χ3n) is 3.80. The molecule has 8 nitrogen and oxygen atoms in total. The van der Waals surface area contributed by atoms with Crippen molar-refractivity contribution in [3.8, 4) is 0 Å². The minimum absolute atomic E-state index is 0.0578. The van der Waals surface area contributed by atoms with Crippen molar-refractivity contribution < 1.29 is 21.6 Å². The Labute approximate surface area is 173 Å². The van der Waals surface area contributed by atoms with E-state index in [1.807, 2.05) is 0 Å². The number of nitrogens with one attached hydrogen (secondary N) is 3. The van der Waals surface area contributed by atoms with Crippen molar-refractivity contribution in [2.45, 2.75) is 23.1 Å². The van der Waals surface area contributed by atoms with E-state index in [0.29, 0.717) is 15.7 Å². The first-order valence-electron chi connectivity index (χ1n) is 8.15. The maximum Gasteiger partial charge on any atom is 0.241 e. The summed E-state index contributed by atoms with van der Waals surface area (Å²) in [5, 5.41) is 2.57. The van der Waals surface area contributed by atoms with E-state index >= 15 is 0 Å². The highest BCUT2D eigenvalue weighted by molar-refractivity contribution is 9.10. The number of carbonyl (C=O) groups excluding carboxylic acids is 1. The van der Waals surface area contributed by atoms with Crippen molar-refractivity contribution >= 4 is 47.6 Å². The zero-order valence-corrected chi connectivity index (χ0v) is 18.4. The zero-order chi connectivity index (χ0) is 20.9. The Kier molecular flexibility index (Phi) is 7.34. The van der Waals surface area contributed by atoms with Crippen LogP contribution in [0.4, 0.5) is 5.69 Å². The molecule has 1 amide bonds. The normalized spacial score (nSPS) is 12.0. The molecule has 0 unspecified atom stereocenters. The Bertz CT molecular complexity index is 1090. The van der Waals surface area contributed by atoms with Crippen molar-refractivity contribution in [2.24, 2.45) is 0 Å². The van der Waals surface area contributed by atoms with Gasteiger partial charge >= 0.3 is 0 Å². The summed E-state index contributed by atoms with van der Waals surface area (Å²) in [7, 11) is -6.11. The Hall–Kier alpha value is -1.79. The minimum atomic E-state index is -3.76. The largest absolute Gasteiger partial charge is 0.326 e. The van der Waals surface area contributed by atoms with Crippen LogP contribution in [-0.2, 0) is 24.8 Å². The molecule has 3 N–H and O–H groups in total. The van der Waals surface area contributed by atoms with Crippen LogP contribution in [0.15, 0.2) is 56.7 Å². The first-order chi connectivity index (χ1) is 13.1. The van der Waals surface area contributed by atoms with E-state index in [4.69, 9.17) is 0 Å². The molecule has 0 aromatic heterocycles. The van der Waals surface area contributed by atoms with Gasteiger partial charge in [0.05, 0.1) is 9.79 Å². The number of benzene rings is 2. The lowest BCUT2D eigenvalue weighted by molar-refractivity contribution is -0.116. The SMILES string of the molecule is CNS(=O)(=O)c1cc(NC(=O)CCNS(=O)(=O)c2ccccc2Br)ccc1C. The van der Waals surface area contributed by atoms with Crippen LogP contribution in [0, 0.1) is 6.92 Å². The lowest BCUT2D eigenvalue weighted by Gasteiger charge is -2.11. The zero-order valence-electron chi connectivity index (χ0n) is 15.2. The summed E-state index contributed by atoms with van der Waals surface area (Å²) in [4.78, 5) is 12.2. The molecule has 0 bridgehead atoms. The number of carbonyl (C=O) groups is 1.